The lowest BCUT2D eigenvalue weighted by atomic mass is 9.87. The molecule has 2 aromatic rings. The Balaban J connectivity index is 2.15. The molecule has 0 aliphatic heterocycles. The van der Waals surface area contributed by atoms with Crippen LogP contribution in [0.4, 0.5) is 0 Å². The molecule has 0 saturated carbocycles. The van der Waals surface area contributed by atoms with Gasteiger partial charge in [-0.15, -0.1) is 0 Å². The molecule has 2 aromatic carbocycles. The number of rotatable bonds is 5. The van der Waals surface area contributed by atoms with Crippen LogP contribution in [0.2, 0.25) is 5.02 Å². The van der Waals surface area contributed by atoms with E-state index in [-0.39, 0.29) is 5.41 Å². The second kappa shape index (κ2) is 7.27. The molecule has 0 bridgehead atoms. The average Bonchev–Trinajstić information content (AvgIpc) is 2.48. The van der Waals surface area contributed by atoms with Gasteiger partial charge in [-0.05, 0) is 53.3 Å². The van der Waals surface area contributed by atoms with Gasteiger partial charge in [-0.25, -0.2) is 4.79 Å². The van der Waals surface area contributed by atoms with Crippen LogP contribution in [0.1, 0.15) is 37.5 Å². The van der Waals surface area contributed by atoms with E-state index in [1.807, 2.05) is 43.3 Å². The predicted octanol–water partition coefficient (Wildman–Crippen LogP) is 5.02. The minimum Gasteiger partial charge on any atom is -0.478 e. The first-order chi connectivity index (χ1) is 11.2. The highest BCUT2D eigenvalue weighted by atomic mass is 35.5. The maximum atomic E-state index is 11.6. The highest BCUT2D eigenvalue weighted by Gasteiger charge is 2.21. The first-order valence-corrected chi connectivity index (χ1v) is 8.29. The number of hydrogen-bond donors (Lipinski definition) is 1. The maximum absolute atomic E-state index is 11.6. The number of benzene rings is 2. The van der Waals surface area contributed by atoms with Gasteiger partial charge in [0, 0.05) is 11.4 Å². The first-order valence-electron chi connectivity index (χ1n) is 7.92. The van der Waals surface area contributed by atoms with Crippen molar-refractivity contribution in [3.63, 3.8) is 0 Å². The Labute approximate surface area is 148 Å². The zero-order valence-corrected chi connectivity index (χ0v) is 15.2. The van der Waals surface area contributed by atoms with E-state index < -0.39 is 12.1 Å². The molecule has 0 radical (unpaired) electrons. The fourth-order valence-electron chi connectivity index (χ4n) is 2.47. The lowest BCUT2D eigenvalue weighted by Gasteiger charge is -2.20. The normalized spacial score (nSPS) is 12.7. The van der Waals surface area contributed by atoms with Crippen LogP contribution in [0, 0.1) is 6.92 Å². The lowest BCUT2D eigenvalue weighted by Crippen LogP contribution is -2.29. The lowest BCUT2D eigenvalue weighted by molar-refractivity contribution is -0.145. The molecule has 0 unspecified atom stereocenters. The summed E-state index contributed by atoms with van der Waals surface area (Å²) >= 11 is 5.95. The van der Waals surface area contributed by atoms with Crippen LogP contribution in [0.15, 0.2) is 42.5 Å². The Morgan fingerprint density at radius 2 is 1.79 bits per heavy atom. The molecule has 0 spiro atoms. The minimum atomic E-state index is -0.982. The van der Waals surface area contributed by atoms with Crippen LogP contribution in [-0.4, -0.2) is 17.2 Å². The summed E-state index contributed by atoms with van der Waals surface area (Å²) in [5.74, 6) is -0.425. The molecule has 0 aliphatic rings. The van der Waals surface area contributed by atoms with Crippen LogP contribution >= 0.6 is 11.6 Å². The van der Waals surface area contributed by atoms with E-state index in [1.165, 1.54) is 5.56 Å². The van der Waals surface area contributed by atoms with Gasteiger partial charge in [-0.2, -0.15) is 0 Å². The van der Waals surface area contributed by atoms with Crippen LogP contribution < -0.4 is 4.74 Å². The maximum Gasteiger partial charge on any atom is 0.345 e. The summed E-state index contributed by atoms with van der Waals surface area (Å²) in [4.78, 5) is 11.6. The Morgan fingerprint density at radius 3 is 2.29 bits per heavy atom. The summed E-state index contributed by atoms with van der Waals surface area (Å²) in [6, 6.07) is 13.0. The van der Waals surface area contributed by atoms with Crippen molar-refractivity contribution >= 4 is 17.6 Å². The van der Waals surface area contributed by atoms with Gasteiger partial charge in [-0.3, -0.25) is 0 Å². The van der Waals surface area contributed by atoms with Crippen LogP contribution in [0.5, 0.6) is 5.75 Å². The van der Waals surface area contributed by atoms with Gasteiger partial charge in [0.25, 0.3) is 0 Å². The molecule has 0 fully saturated rings. The highest BCUT2D eigenvalue weighted by Crippen LogP contribution is 2.25. The fraction of sp³-hybridized carbons (Fsp3) is 0.350. The zero-order chi connectivity index (χ0) is 17.9. The number of ether oxygens (including phenoxy) is 1. The summed E-state index contributed by atoms with van der Waals surface area (Å²) in [6.45, 7) is 8.31. The van der Waals surface area contributed by atoms with Gasteiger partial charge >= 0.3 is 5.97 Å². The van der Waals surface area contributed by atoms with Crippen molar-refractivity contribution in [2.45, 2.75) is 45.6 Å². The van der Waals surface area contributed by atoms with Crippen molar-refractivity contribution in [2.24, 2.45) is 0 Å². The van der Waals surface area contributed by atoms with Crippen molar-refractivity contribution in [2.75, 3.05) is 0 Å². The second-order valence-corrected chi connectivity index (χ2v) is 7.43. The van der Waals surface area contributed by atoms with Crippen molar-refractivity contribution in [1.82, 2.24) is 0 Å². The number of halogens is 1. The van der Waals surface area contributed by atoms with Crippen molar-refractivity contribution in [1.29, 1.82) is 0 Å². The molecule has 0 aliphatic carbocycles. The van der Waals surface area contributed by atoms with Gasteiger partial charge in [0.2, 0.25) is 0 Å². The molecule has 0 amide bonds. The molecule has 0 aromatic heterocycles. The van der Waals surface area contributed by atoms with Gasteiger partial charge in [-0.1, -0.05) is 50.6 Å². The summed E-state index contributed by atoms with van der Waals surface area (Å²) in [6.07, 6.45) is -0.648. The van der Waals surface area contributed by atoms with E-state index >= 15 is 0 Å². The Kier molecular flexibility index (Phi) is 5.55. The molecule has 3 nitrogen and oxygen atoms in total. The molecular formula is C20H23ClO3. The van der Waals surface area contributed by atoms with Crippen molar-refractivity contribution in [3.05, 3.63) is 64.2 Å². The number of carboxylic acids is 1. The number of carbonyl (C=O) groups is 1. The monoisotopic (exact) mass is 346 g/mol. The smallest absolute Gasteiger partial charge is 0.345 e. The summed E-state index contributed by atoms with van der Waals surface area (Å²) < 4.78 is 5.70. The van der Waals surface area contributed by atoms with Crippen LogP contribution in [0.25, 0.3) is 0 Å². The Morgan fingerprint density at radius 1 is 1.17 bits per heavy atom. The number of aryl methyl sites for hydroxylation is 1. The summed E-state index contributed by atoms with van der Waals surface area (Å²) in [5, 5.41) is 10.1. The molecule has 0 saturated heterocycles. The minimum absolute atomic E-state index is 0.0468. The fourth-order valence-corrected chi connectivity index (χ4v) is 2.69. The average molecular weight is 347 g/mol. The SMILES string of the molecule is Cc1cc(Cl)ccc1C[C@@H](Oc1ccc(C(C)(C)C)cc1)C(=O)O. The molecular weight excluding hydrogens is 324 g/mol. The van der Waals surface area contributed by atoms with E-state index in [2.05, 4.69) is 20.8 Å². The number of carboxylic acid groups (broad SMARTS) is 1. The molecule has 1 N–H and O–H groups in total. The first kappa shape index (κ1) is 18.3. The van der Waals surface area contributed by atoms with Crippen molar-refractivity contribution in [3.8, 4) is 5.75 Å². The number of aliphatic carboxylic acids is 1. The third-order valence-electron chi connectivity index (χ3n) is 3.98. The van der Waals surface area contributed by atoms with E-state index in [0.29, 0.717) is 17.2 Å². The van der Waals surface area contributed by atoms with Crippen molar-refractivity contribution < 1.29 is 14.6 Å². The topological polar surface area (TPSA) is 46.5 Å². The molecule has 0 heterocycles. The van der Waals surface area contributed by atoms with Gasteiger partial charge in [0.05, 0.1) is 0 Å². The van der Waals surface area contributed by atoms with E-state index in [0.717, 1.165) is 11.1 Å². The number of hydrogen-bond acceptors (Lipinski definition) is 2. The predicted molar refractivity (Wildman–Crippen MR) is 97.1 cm³/mol. The summed E-state index contributed by atoms with van der Waals surface area (Å²) in [5.41, 5.74) is 3.10. The van der Waals surface area contributed by atoms with Crippen LogP contribution in [0.3, 0.4) is 0 Å². The van der Waals surface area contributed by atoms with E-state index in [1.54, 1.807) is 6.07 Å². The molecule has 128 valence electrons. The summed E-state index contributed by atoms with van der Waals surface area (Å²) in [7, 11) is 0. The molecule has 1 atom stereocenters. The molecule has 24 heavy (non-hydrogen) atoms. The third-order valence-corrected chi connectivity index (χ3v) is 4.22. The second-order valence-electron chi connectivity index (χ2n) is 6.99. The largest absolute Gasteiger partial charge is 0.478 e. The zero-order valence-electron chi connectivity index (χ0n) is 14.5. The molecule has 2 rings (SSSR count). The van der Waals surface area contributed by atoms with Crippen LogP contribution in [-0.2, 0) is 16.6 Å². The quantitative estimate of drug-likeness (QED) is 0.826. The highest BCUT2D eigenvalue weighted by molar-refractivity contribution is 6.30. The van der Waals surface area contributed by atoms with Gasteiger partial charge in [0.15, 0.2) is 6.10 Å². The molecule has 4 heteroatoms. The Bertz CT molecular complexity index is 715. The van der Waals surface area contributed by atoms with E-state index in [4.69, 9.17) is 16.3 Å². The van der Waals surface area contributed by atoms with E-state index in [9.17, 15) is 9.90 Å². The standard InChI is InChI=1S/C20H23ClO3/c1-13-11-16(21)8-5-14(13)12-18(19(22)23)24-17-9-6-15(7-10-17)20(2,3)4/h5-11,18H,12H2,1-4H3,(H,22,23)/t18-/m1/s1. The Hall–Kier alpha value is -2.00. The third kappa shape index (κ3) is 4.75. The van der Waals surface area contributed by atoms with Gasteiger partial charge in [0.1, 0.15) is 5.75 Å². The van der Waals surface area contributed by atoms with Gasteiger partial charge < -0.3 is 9.84 Å².